The maximum Gasteiger partial charge on any atom is 0.272 e. The Morgan fingerprint density at radius 3 is 2.50 bits per heavy atom. The van der Waals surface area contributed by atoms with Crippen LogP contribution in [0.15, 0.2) is 100 Å². The van der Waals surface area contributed by atoms with E-state index >= 15 is 0 Å². The van der Waals surface area contributed by atoms with E-state index in [9.17, 15) is 14.4 Å². The van der Waals surface area contributed by atoms with Gasteiger partial charge < -0.3 is 20.7 Å². The van der Waals surface area contributed by atoms with Gasteiger partial charge in [-0.2, -0.15) is 11.3 Å². The van der Waals surface area contributed by atoms with Crippen molar-refractivity contribution in [2.75, 3.05) is 17.7 Å². The minimum atomic E-state index is -0.475. The highest BCUT2D eigenvalue weighted by Crippen LogP contribution is 2.30. The summed E-state index contributed by atoms with van der Waals surface area (Å²) < 4.78 is 5.30. The molecule has 0 aliphatic rings. The summed E-state index contributed by atoms with van der Waals surface area (Å²) in [6.45, 7) is 1.78. The van der Waals surface area contributed by atoms with Gasteiger partial charge in [0.1, 0.15) is 11.4 Å². The van der Waals surface area contributed by atoms with E-state index in [1.807, 2.05) is 29.0 Å². The number of ether oxygens (including phenoxy) is 1. The van der Waals surface area contributed by atoms with Gasteiger partial charge in [0.2, 0.25) is 5.91 Å². The Morgan fingerprint density at radius 2 is 1.77 bits per heavy atom. The Morgan fingerprint density at radius 1 is 0.975 bits per heavy atom. The van der Waals surface area contributed by atoms with E-state index in [-0.39, 0.29) is 11.6 Å². The minimum absolute atomic E-state index is 0.105. The van der Waals surface area contributed by atoms with Crippen molar-refractivity contribution in [3.05, 3.63) is 111 Å². The van der Waals surface area contributed by atoms with Crippen molar-refractivity contribution < 1.29 is 19.1 Å². The van der Waals surface area contributed by atoms with Gasteiger partial charge in [-0.05, 0) is 83.9 Å². The van der Waals surface area contributed by atoms with Crippen LogP contribution >= 0.6 is 34.7 Å². The molecule has 4 aromatic rings. The van der Waals surface area contributed by atoms with Crippen molar-refractivity contribution >= 4 is 69.9 Å². The molecule has 3 N–H and O–H groups in total. The van der Waals surface area contributed by atoms with E-state index in [4.69, 9.17) is 16.3 Å². The van der Waals surface area contributed by atoms with Gasteiger partial charge in [-0.15, -0.1) is 11.8 Å². The van der Waals surface area contributed by atoms with Crippen molar-refractivity contribution in [3.8, 4) is 5.75 Å². The quantitative estimate of drug-likeness (QED) is 0.137. The number of hydrogen-bond donors (Lipinski definition) is 3. The van der Waals surface area contributed by atoms with Crippen LogP contribution in [0.3, 0.4) is 0 Å². The number of thiophene rings is 1. The zero-order valence-electron chi connectivity index (χ0n) is 21.6. The molecule has 0 aliphatic heterocycles. The molecule has 1 heterocycles. The van der Waals surface area contributed by atoms with Crippen molar-refractivity contribution in [2.24, 2.45) is 0 Å². The summed E-state index contributed by atoms with van der Waals surface area (Å²) in [6.07, 6.45) is 1.63. The maximum absolute atomic E-state index is 13.3. The highest BCUT2D eigenvalue weighted by atomic mass is 35.5. The second-order valence-electron chi connectivity index (χ2n) is 8.51. The lowest BCUT2D eigenvalue weighted by Crippen LogP contribution is -2.30. The predicted molar refractivity (Wildman–Crippen MR) is 163 cm³/mol. The zero-order chi connectivity index (χ0) is 28.5. The first-order valence-electron chi connectivity index (χ1n) is 12.1. The normalized spacial score (nSPS) is 11.8. The van der Waals surface area contributed by atoms with E-state index < -0.39 is 17.1 Å². The lowest BCUT2D eigenvalue weighted by Gasteiger charge is -2.15. The predicted octanol–water partition coefficient (Wildman–Crippen LogP) is 6.94. The van der Waals surface area contributed by atoms with Gasteiger partial charge in [0.25, 0.3) is 11.8 Å². The molecule has 0 radical (unpaired) electrons. The molecule has 3 amide bonds. The molecule has 40 heavy (non-hydrogen) atoms. The lowest BCUT2D eigenvalue weighted by molar-refractivity contribution is -0.115. The van der Waals surface area contributed by atoms with Gasteiger partial charge in [0.05, 0.1) is 18.0 Å². The van der Waals surface area contributed by atoms with Gasteiger partial charge in [-0.25, -0.2) is 0 Å². The second kappa shape index (κ2) is 13.8. The molecule has 1 unspecified atom stereocenters. The number of carbonyl (C=O) groups is 3. The molecular formula is C30H26ClN3O4S2. The summed E-state index contributed by atoms with van der Waals surface area (Å²) in [4.78, 5) is 39.7. The Labute approximate surface area is 245 Å². The summed E-state index contributed by atoms with van der Waals surface area (Å²) in [7, 11) is 1.52. The lowest BCUT2D eigenvalue weighted by atomic mass is 10.2. The molecule has 0 bridgehead atoms. The molecule has 0 spiro atoms. The van der Waals surface area contributed by atoms with Crippen LogP contribution in [0.5, 0.6) is 5.75 Å². The summed E-state index contributed by atoms with van der Waals surface area (Å²) in [5.41, 5.74) is 2.34. The van der Waals surface area contributed by atoms with E-state index in [1.165, 1.54) is 30.2 Å². The van der Waals surface area contributed by atoms with E-state index in [2.05, 4.69) is 16.0 Å². The average molecular weight is 592 g/mol. The van der Waals surface area contributed by atoms with E-state index in [0.717, 1.165) is 10.5 Å². The van der Waals surface area contributed by atoms with E-state index in [1.54, 1.807) is 73.7 Å². The number of nitrogens with one attached hydrogen (secondary N) is 3. The maximum atomic E-state index is 13.3. The Bertz CT molecular complexity index is 1530. The first kappa shape index (κ1) is 28.9. The molecule has 10 heteroatoms. The molecule has 0 saturated heterocycles. The van der Waals surface area contributed by atoms with Crippen LogP contribution in [-0.2, 0) is 9.59 Å². The summed E-state index contributed by atoms with van der Waals surface area (Å²) in [6, 6.07) is 22.7. The summed E-state index contributed by atoms with van der Waals surface area (Å²) in [5, 5.41) is 12.2. The number of thioether (sulfide) groups is 1. The van der Waals surface area contributed by atoms with Crippen LogP contribution in [0.2, 0.25) is 5.02 Å². The number of rotatable bonds is 10. The van der Waals surface area contributed by atoms with Crippen LogP contribution < -0.4 is 20.7 Å². The molecule has 0 aliphatic carbocycles. The van der Waals surface area contributed by atoms with Crippen LogP contribution in [0.4, 0.5) is 11.4 Å². The summed E-state index contributed by atoms with van der Waals surface area (Å²) in [5.74, 6) is -0.593. The number of carbonyl (C=O) groups excluding carboxylic acids is 3. The largest absolute Gasteiger partial charge is 0.495 e. The fourth-order valence-corrected chi connectivity index (χ4v) is 5.30. The zero-order valence-corrected chi connectivity index (χ0v) is 24.0. The number of methoxy groups -OCH3 is 1. The number of halogens is 1. The van der Waals surface area contributed by atoms with Crippen molar-refractivity contribution in [1.82, 2.24) is 5.32 Å². The van der Waals surface area contributed by atoms with Crippen molar-refractivity contribution in [1.29, 1.82) is 0 Å². The molecule has 0 saturated carbocycles. The van der Waals surface area contributed by atoms with Crippen LogP contribution in [0, 0.1) is 0 Å². The molecule has 3 aromatic carbocycles. The Kier molecular flexibility index (Phi) is 10.0. The first-order valence-corrected chi connectivity index (χ1v) is 14.3. The topological polar surface area (TPSA) is 96.5 Å². The van der Waals surface area contributed by atoms with Gasteiger partial charge >= 0.3 is 0 Å². The number of hydrogen-bond acceptors (Lipinski definition) is 6. The highest BCUT2D eigenvalue weighted by Gasteiger charge is 2.18. The van der Waals surface area contributed by atoms with E-state index in [0.29, 0.717) is 27.7 Å². The Hall–Kier alpha value is -4.05. The fourth-order valence-electron chi connectivity index (χ4n) is 3.58. The summed E-state index contributed by atoms with van der Waals surface area (Å²) >= 11 is 8.89. The molecular weight excluding hydrogens is 566 g/mol. The third-order valence-corrected chi connectivity index (χ3v) is 7.61. The van der Waals surface area contributed by atoms with Crippen molar-refractivity contribution in [3.63, 3.8) is 0 Å². The van der Waals surface area contributed by atoms with Gasteiger partial charge in [-0.3, -0.25) is 14.4 Å². The molecule has 1 aromatic heterocycles. The molecule has 0 fully saturated rings. The Balaban J connectivity index is 1.45. The number of anilines is 2. The molecule has 204 valence electrons. The first-order chi connectivity index (χ1) is 19.3. The van der Waals surface area contributed by atoms with Crippen LogP contribution in [0.1, 0.15) is 22.8 Å². The third kappa shape index (κ3) is 7.98. The standard InChI is InChI=1S/C30H26ClN3O4S2/c1-19(28(35)33-25-16-22(31)11-12-27(25)38-2)40-24-10-6-9-23(17-24)32-30(37)26(15-20-13-14-39-18-20)34-29(36)21-7-4-3-5-8-21/h3-19H,1-2H3,(H,32,37)(H,33,35)(H,34,36)/b26-15-. The van der Waals surface area contributed by atoms with Crippen LogP contribution in [0.25, 0.3) is 6.08 Å². The van der Waals surface area contributed by atoms with Gasteiger partial charge in [-0.1, -0.05) is 35.9 Å². The van der Waals surface area contributed by atoms with Crippen LogP contribution in [-0.4, -0.2) is 30.1 Å². The third-order valence-electron chi connectivity index (χ3n) is 5.58. The fraction of sp³-hybridized carbons (Fsp3) is 0.100. The molecule has 1 atom stereocenters. The number of benzene rings is 3. The monoisotopic (exact) mass is 591 g/mol. The highest BCUT2D eigenvalue weighted by molar-refractivity contribution is 8.00. The molecule has 4 rings (SSSR count). The smallest absolute Gasteiger partial charge is 0.272 e. The van der Waals surface area contributed by atoms with Crippen molar-refractivity contribution in [2.45, 2.75) is 17.1 Å². The number of amides is 3. The average Bonchev–Trinajstić information content (AvgIpc) is 3.46. The second-order valence-corrected chi connectivity index (χ2v) is 11.1. The van der Waals surface area contributed by atoms with Gasteiger partial charge in [0.15, 0.2) is 0 Å². The van der Waals surface area contributed by atoms with Gasteiger partial charge in [0, 0.05) is 21.2 Å². The minimum Gasteiger partial charge on any atom is -0.495 e. The SMILES string of the molecule is COc1ccc(Cl)cc1NC(=O)C(C)Sc1cccc(NC(=O)/C(=C/c2ccsc2)NC(=O)c2ccccc2)c1. The molecule has 7 nitrogen and oxygen atoms in total.